The molecule has 0 spiro atoms. The molecule has 0 saturated heterocycles. The van der Waals surface area contributed by atoms with Crippen LogP contribution in [0.25, 0.3) is 0 Å². The SMILES string of the molecule is Cc1cc(N)ccc1NC(C)(C)CCO. The first-order valence-corrected chi connectivity index (χ1v) is 5.20. The number of hydrogen-bond donors (Lipinski definition) is 3. The molecule has 3 heteroatoms. The predicted molar refractivity (Wildman–Crippen MR) is 65.0 cm³/mol. The van der Waals surface area contributed by atoms with Crippen molar-refractivity contribution in [3.05, 3.63) is 23.8 Å². The van der Waals surface area contributed by atoms with Gasteiger partial charge in [-0.05, 0) is 51.0 Å². The first kappa shape index (κ1) is 11.9. The van der Waals surface area contributed by atoms with Crippen molar-refractivity contribution in [1.29, 1.82) is 0 Å². The molecule has 3 nitrogen and oxygen atoms in total. The van der Waals surface area contributed by atoms with Gasteiger partial charge in [-0.3, -0.25) is 0 Å². The number of benzene rings is 1. The van der Waals surface area contributed by atoms with Crippen molar-refractivity contribution in [2.24, 2.45) is 0 Å². The van der Waals surface area contributed by atoms with Crippen molar-refractivity contribution >= 4 is 11.4 Å². The Morgan fingerprint density at radius 3 is 2.60 bits per heavy atom. The molecule has 0 unspecified atom stereocenters. The maximum Gasteiger partial charge on any atom is 0.0453 e. The van der Waals surface area contributed by atoms with Crippen LogP contribution in [0.3, 0.4) is 0 Å². The van der Waals surface area contributed by atoms with Crippen LogP contribution in [0.2, 0.25) is 0 Å². The molecule has 0 atom stereocenters. The summed E-state index contributed by atoms with van der Waals surface area (Å²) < 4.78 is 0. The molecule has 1 aromatic rings. The molecule has 0 bridgehead atoms. The van der Waals surface area contributed by atoms with E-state index in [2.05, 4.69) is 19.2 Å². The molecule has 0 aromatic heterocycles. The largest absolute Gasteiger partial charge is 0.399 e. The second-order valence-electron chi connectivity index (χ2n) is 4.56. The molecule has 0 aliphatic heterocycles. The summed E-state index contributed by atoms with van der Waals surface area (Å²) in [7, 11) is 0. The number of nitrogen functional groups attached to an aromatic ring is 1. The summed E-state index contributed by atoms with van der Waals surface area (Å²) in [4.78, 5) is 0. The van der Waals surface area contributed by atoms with Crippen molar-refractivity contribution in [3.63, 3.8) is 0 Å². The smallest absolute Gasteiger partial charge is 0.0453 e. The molecular formula is C12H20N2O. The average Bonchev–Trinajstić information content (AvgIpc) is 2.09. The van der Waals surface area contributed by atoms with E-state index in [1.54, 1.807) is 0 Å². The van der Waals surface area contributed by atoms with E-state index in [0.717, 1.165) is 23.4 Å². The number of rotatable bonds is 4. The minimum Gasteiger partial charge on any atom is -0.399 e. The van der Waals surface area contributed by atoms with Crippen LogP contribution in [0.1, 0.15) is 25.8 Å². The Morgan fingerprint density at radius 2 is 2.07 bits per heavy atom. The number of nitrogens with two attached hydrogens (primary N) is 1. The Morgan fingerprint density at radius 1 is 1.40 bits per heavy atom. The second-order valence-corrected chi connectivity index (χ2v) is 4.56. The molecule has 0 heterocycles. The third-order valence-electron chi connectivity index (χ3n) is 2.46. The molecule has 0 aliphatic rings. The van der Waals surface area contributed by atoms with Crippen LogP contribution in [0.15, 0.2) is 18.2 Å². The molecule has 0 fully saturated rings. The minimum absolute atomic E-state index is 0.102. The van der Waals surface area contributed by atoms with Crippen molar-refractivity contribution in [2.75, 3.05) is 17.7 Å². The highest BCUT2D eigenvalue weighted by atomic mass is 16.3. The first-order chi connectivity index (χ1) is 6.94. The predicted octanol–water partition coefficient (Wildman–Crippen LogP) is 2.15. The van der Waals surface area contributed by atoms with Gasteiger partial charge in [0.05, 0.1) is 0 Å². The molecule has 0 radical (unpaired) electrons. The van der Waals surface area contributed by atoms with Crippen LogP contribution in [0.4, 0.5) is 11.4 Å². The van der Waals surface area contributed by atoms with E-state index in [1.807, 2.05) is 25.1 Å². The molecule has 0 aliphatic carbocycles. The van der Waals surface area contributed by atoms with Gasteiger partial charge >= 0.3 is 0 Å². The number of nitrogens with one attached hydrogen (secondary N) is 1. The van der Waals surface area contributed by atoms with Gasteiger partial charge in [-0.1, -0.05) is 0 Å². The summed E-state index contributed by atoms with van der Waals surface area (Å²) in [5.74, 6) is 0. The lowest BCUT2D eigenvalue weighted by atomic mass is 10.00. The summed E-state index contributed by atoms with van der Waals surface area (Å²) in [6, 6.07) is 5.80. The highest BCUT2D eigenvalue weighted by Crippen LogP contribution is 2.23. The Kier molecular flexibility index (Phi) is 3.58. The monoisotopic (exact) mass is 208 g/mol. The summed E-state index contributed by atoms with van der Waals surface area (Å²) in [6.07, 6.45) is 0.719. The lowest BCUT2D eigenvalue weighted by Gasteiger charge is -2.27. The van der Waals surface area contributed by atoms with Gasteiger partial charge in [0.15, 0.2) is 0 Å². The third kappa shape index (κ3) is 3.44. The number of anilines is 2. The lowest BCUT2D eigenvalue weighted by Crippen LogP contribution is -2.32. The van der Waals surface area contributed by atoms with E-state index in [1.165, 1.54) is 0 Å². The standard InChI is InChI=1S/C12H20N2O/c1-9-8-10(13)4-5-11(9)14-12(2,3)6-7-15/h4-5,8,14-15H,6-7,13H2,1-3H3. The Bertz CT molecular complexity index is 334. The fourth-order valence-electron chi connectivity index (χ4n) is 1.53. The zero-order chi connectivity index (χ0) is 11.5. The van der Waals surface area contributed by atoms with Gasteiger partial charge in [0.1, 0.15) is 0 Å². The molecule has 0 amide bonds. The number of aliphatic hydroxyl groups is 1. The average molecular weight is 208 g/mol. The fraction of sp³-hybridized carbons (Fsp3) is 0.500. The maximum atomic E-state index is 8.93. The van der Waals surface area contributed by atoms with Gasteiger partial charge in [-0.15, -0.1) is 0 Å². The summed E-state index contributed by atoms with van der Waals surface area (Å²) in [5.41, 5.74) is 8.55. The quantitative estimate of drug-likeness (QED) is 0.664. The zero-order valence-electron chi connectivity index (χ0n) is 9.67. The lowest BCUT2D eigenvalue weighted by molar-refractivity contribution is 0.261. The topological polar surface area (TPSA) is 58.3 Å². The van der Waals surface area contributed by atoms with Crippen molar-refractivity contribution in [1.82, 2.24) is 0 Å². The second kappa shape index (κ2) is 4.53. The Balaban J connectivity index is 2.80. The third-order valence-corrected chi connectivity index (χ3v) is 2.46. The normalized spacial score (nSPS) is 11.5. The van der Waals surface area contributed by atoms with E-state index in [0.29, 0.717) is 0 Å². The van der Waals surface area contributed by atoms with Gasteiger partial charge in [0, 0.05) is 23.5 Å². The van der Waals surface area contributed by atoms with Gasteiger partial charge in [-0.2, -0.15) is 0 Å². The van der Waals surface area contributed by atoms with Gasteiger partial charge < -0.3 is 16.2 Å². The molecule has 84 valence electrons. The molecule has 1 rings (SSSR count). The van der Waals surface area contributed by atoms with Crippen LogP contribution >= 0.6 is 0 Å². The zero-order valence-corrected chi connectivity index (χ0v) is 9.67. The van der Waals surface area contributed by atoms with Crippen molar-refractivity contribution in [3.8, 4) is 0 Å². The summed E-state index contributed by atoms with van der Waals surface area (Å²) in [5, 5.41) is 12.3. The van der Waals surface area contributed by atoms with Gasteiger partial charge in [-0.25, -0.2) is 0 Å². The molecule has 15 heavy (non-hydrogen) atoms. The van der Waals surface area contributed by atoms with Crippen molar-refractivity contribution in [2.45, 2.75) is 32.7 Å². The Hall–Kier alpha value is -1.22. The number of aliphatic hydroxyl groups excluding tert-OH is 1. The fourth-order valence-corrected chi connectivity index (χ4v) is 1.53. The van der Waals surface area contributed by atoms with E-state index in [4.69, 9.17) is 10.8 Å². The van der Waals surface area contributed by atoms with E-state index >= 15 is 0 Å². The van der Waals surface area contributed by atoms with E-state index < -0.39 is 0 Å². The van der Waals surface area contributed by atoms with Crippen LogP contribution in [-0.4, -0.2) is 17.3 Å². The van der Waals surface area contributed by atoms with Crippen LogP contribution in [-0.2, 0) is 0 Å². The maximum absolute atomic E-state index is 8.93. The highest BCUT2D eigenvalue weighted by molar-refractivity contribution is 5.58. The summed E-state index contributed by atoms with van der Waals surface area (Å²) in [6.45, 7) is 6.35. The van der Waals surface area contributed by atoms with E-state index in [9.17, 15) is 0 Å². The number of hydrogen-bond acceptors (Lipinski definition) is 3. The number of aryl methyl sites for hydroxylation is 1. The first-order valence-electron chi connectivity index (χ1n) is 5.20. The van der Waals surface area contributed by atoms with Crippen molar-refractivity contribution < 1.29 is 5.11 Å². The molecule has 1 aromatic carbocycles. The molecular weight excluding hydrogens is 188 g/mol. The van der Waals surface area contributed by atoms with E-state index in [-0.39, 0.29) is 12.1 Å². The van der Waals surface area contributed by atoms with Crippen LogP contribution in [0, 0.1) is 6.92 Å². The van der Waals surface area contributed by atoms with Gasteiger partial charge in [0.2, 0.25) is 0 Å². The minimum atomic E-state index is -0.102. The summed E-state index contributed by atoms with van der Waals surface area (Å²) >= 11 is 0. The van der Waals surface area contributed by atoms with Crippen LogP contribution < -0.4 is 11.1 Å². The molecule has 4 N–H and O–H groups in total. The van der Waals surface area contributed by atoms with Crippen LogP contribution in [0.5, 0.6) is 0 Å². The molecule has 0 saturated carbocycles. The Labute approximate surface area is 91.3 Å². The highest BCUT2D eigenvalue weighted by Gasteiger charge is 2.17. The van der Waals surface area contributed by atoms with Gasteiger partial charge in [0.25, 0.3) is 0 Å².